The maximum absolute atomic E-state index is 5.33. The average molecular weight is 211 g/mol. The van der Waals surface area contributed by atoms with Gasteiger partial charge in [0, 0.05) is 26.5 Å². The summed E-state index contributed by atoms with van der Waals surface area (Å²) in [5, 5.41) is 0. The van der Waals surface area contributed by atoms with Crippen molar-refractivity contribution in [3.8, 4) is 0 Å². The first-order chi connectivity index (χ1) is 7.31. The lowest BCUT2D eigenvalue weighted by Gasteiger charge is -2.00. The summed E-state index contributed by atoms with van der Waals surface area (Å²) in [7, 11) is 1.69. The van der Waals surface area contributed by atoms with E-state index in [1.54, 1.807) is 19.4 Å². The fraction of sp³-hybridized carbons (Fsp3) is 0.583. The molecule has 0 atom stereocenters. The fourth-order valence-electron chi connectivity index (χ4n) is 0.837. The van der Waals surface area contributed by atoms with Gasteiger partial charge in [-0.1, -0.05) is 18.2 Å². The minimum atomic E-state index is 0.668. The normalized spacial score (nSPS) is 12.3. The summed E-state index contributed by atoms with van der Waals surface area (Å²) in [5.74, 6) is 0. The molecule has 0 radical (unpaired) electrons. The van der Waals surface area contributed by atoms with Gasteiger partial charge in [0.25, 0.3) is 0 Å². The maximum Gasteiger partial charge on any atom is 0.0661 e. The highest BCUT2D eigenvalue weighted by Gasteiger charge is 1.86. The second-order valence-corrected chi connectivity index (χ2v) is 3.13. The van der Waals surface area contributed by atoms with Crippen molar-refractivity contribution in [2.45, 2.75) is 13.3 Å². The van der Waals surface area contributed by atoms with E-state index >= 15 is 0 Å². The van der Waals surface area contributed by atoms with E-state index in [2.05, 4.69) is 11.6 Å². The Bertz CT molecular complexity index is 210. The molecule has 0 aliphatic heterocycles. The molecule has 0 saturated heterocycles. The molecule has 3 heteroatoms. The molecule has 0 aliphatic carbocycles. The molecular formula is C12H21NO2. The third kappa shape index (κ3) is 11.0. The third-order valence-electron chi connectivity index (χ3n) is 1.77. The summed E-state index contributed by atoms with van der Waals surface area (Å²) in [6.07, 6.45) is 6.45. The van der Waals surface area contributed by atoms with Gasteiger partial charge in [-0.15, -0.1) is 0 Å². The third-order valence-corrected chi connectivity index (χ3v) is 1.77. The van der Waals surface area contributed by atoms with E-state index in [-0.39, 0.29) is 0 Å². The van der Waals surface area contributed by atoms with E-state index in [0.29, 0.717) is 13.2 Å². The van der Waals surface area contributed by atoms with Gasteiger partial charge in [0.1, 0.15) is 0 Å². The second kappa shape index (κ2) is 11.1. The van der Waals surface area contributed by atoms with Crippen LogP contribution in [-0.2, 0) is 9.47 Å². The Hall–Kier alpha value is -0.930. The number of ether oxygens (including phenoxy) is 2. The second-order valence-electron chi connectivity index (χ2n) is 3.13. The molecule has 0 aliphatic rings. The molecule has 3 nitrogen and oxygen atoms in total. The van der Waals surface area contributed by atoms with Crippen LogP contribution in [0.5, 0.6) is 0 Å². The van der Waals surface area contributed by atoms with Crippen LogP contribution in [0.15, 0.2) is 29.3 Å². The van der Waals surface area contributed by atoms with Gasteiger partial charge in [0.2, 0.25) is 0 Å². The zero-order chi connectivity index (χ0) is 11.4. The number of hydrogen-bond donors (Lipinski definition) is 0. The van der Waals surface area contributed by atoms with Crippen molar-refractivity contribution in [3.05, 3.63) is 24.3 Å². The van der Waals surface area contributed by atoms with E-state index in [0.717, 1.165) is 25.2 Å². The fourth-order valence-corrected chi connectivity index (χ4v) is 0.837. The zero-order valence-corrected chi connectivity index (χ0v) is 9.74. The average Bonchev–Trinajstić information content (AvgIpc) is 2.26. The molecule has 0 heterocycles. The molecule has 86 valence electrons. The van der Waals surface area contributed by atoms with Crippen LogP contribution in [-0.4, -0.2) is 39.7 Å². The van der Waals surface area contributed by atoms with Gasteiger partial charge in [0.05, 0.1) is 13.2 Å². The summed E-state index contributed by atoms with van der Waals surface area (Å²) in [5.41, 5.74) is 1.11. The van der Waals surface area contributed by atoms with Crippen molar-refractivity contribution in [2.75, 3.05) is 33.5 Å². The van der Waals surface area contributed by atoms with Crippen molar-refractivity contribution in [1.82, 2.24) is 0 Å². The minimum Gasteiger partial charge on any atom is -0.385 e. The SMILES string of the molecule is C=C/C(C)=C\C=N\CCOCCCOC. The Morgan fingerprint density at radius 1 is 1.33 bits per heavy atom. The van der Waals surface area contributed by atoms with Gasteiger partial charge in [-0.05, 0) is 19.4 Å². The first-order valence-corrected chi connectivity index (χ1v) is 5.17. The molecule has 0 unspecified atom stereocenters. The largest absolute Gasteiger partial charge is 0.385 e. The Labute approximate surface area is 92.5 Å². The molecule has 0 aromatic carbocycles. The lowest BCUT2D eigenvalue weighted by atomic mass is 10.3. The standard InChI is InChI=1S/C12H21NO2/c1-4-12(2)6-7-13-8-11-15-10-5-9-14-3/h4,6-7H,1,5,8-11H2,2-3H3/b12-6-,13-7+. The number of allylic oxidation sites excluding steroid dienone is 3. The quantitative estimate of drug-likeness (QED) is 0.333. The van der Waals surface area contributed by atoms with E-state index in [1.807, 2.05) is 13.0 Å². The van der Waals surface area contributed by atoms with Crippen LogP contribution in [0.3, 0.4) is 0 Å². The summed E-state index contributed by atoms with van der Waals surface area (Å²) < 4.78 is 10.2. The van der Waals surface area contributed by atoms with Crippen LogP contribution in [0.1, 0.15) is 13.3 Å². The molecule has 0 aromatic heterocycles. The lowest BCUT2D eigenvalue weighted by molar-refractivity contribution is 0.108. The smallest absolute Gasteiger partial charge is 0.0661 e. The highest BCUT2D eigenvalue weighted by atomic mass is 16.5. The van der Waals surface area contributed by atoms with Gasteiger partial charge in [-0.3, -0.25) is 4.99 Å². The topological polar surface area (TPSA) is 30.8 Å². The molecule has 0 aromatic rings. The Morgan fingerprint density at radius 3 is 2.80 bits per heavy atom. The molecule has 0 fully saturated rings. The van der Waals surface area contributed by atoms with Crippen molar-refractivity contribution in [3.63, 3.8) is 0 Å². The van der Waals surface area contributed by atoms with Crippen LogP contribution in [0.2, 0.25) is 0 Å². The molecule has 0 bridgehead atoms. The molecule has 0 rings (SSSR count). The van der Waals surface area contributed by atoms with Gasteiger partial charge in [0.15, 0.2) is 0 Å². The zero-order valence-electron chi connectivity index (χ0n) is 9.74. The predicted octanol–water partition coefficient (Wildman–Crippen LogP) is 2.24. The summed E-state index contributed by atoms with van der Waals surface area (Å²) in [6, 6.07) is 0. The van der Waals surface area contributed by atoms with Crippen LogP contribution in [0.4, 0.5) is 0 Å². The minimum absolute atomic E-state index is 0.668. The number of methoxy groups -OCH3 is 1. The molecular weight excluding hydrogens is 190 g/mol. The van der Waals surface area contributed by atoms with Gasteiger partial charge < -0.3 is 9.47 Å². The molecule has 0 amide bonds. The molecule has 15 heavy (non-hydrogen) atoms. The predicted molar refractivity (Wildman–Crippen MR) is 64.6 cm³/mol. The van der Waals surface area contributed by atoms with Gasteiger partial charge in [-0.25, -0.2) is 0 Å². The monoisotopic (exact) mass is 211 g/mol. The van der Waals surface area contributed by atoms with E-state index in [4.69, 9.17) is 9.47 Å². The van der Waals surface area contributed by atoms with Crippen molar-refractivity contribution in [2.24, 2.45) is 4.99 Å². The first kappa shape index (κ1) is 14.1. The van der Waals surface area contributed by atoms with E-state index < -0.39 is 0 Å². The lowest BCUT2D eigenvalue weighted by Crippen LogP contribution is -2.02. The van der Waals surface area contributed by atoms with E-state index in [1.165, 1.54) is 0 Å². The van der Waals surface area contributed by atoms with Gasteiger partial charge >= 0.3 is 0 Å². The first-order valence-electron chi connectivity index (χ1n) is 5.17. The highest BCUT2D eigenvalue weighted by molar-refractivity contribution is 5.72. The van der Waals surface area contributed by atoms with Crippen LogP contribution >= 0.6 is 0 Å². The number of aliphatic imine (C=N–C) groups is 1. The summed E-state index contributed by atoms with van der Waals surface area (Å²) in [6.45, 7) is 8.50. The number of rotatable bonds is 9. The molecule has 0 spiro atoms. The van der Waals surface area contributed by atoms with Crippen molar-refractivity contribution >= 4 is 6.21 Å². The number of hydrogen-bond acceptors (Lipinski definition) is 3. The Morgan fingerprint density at radius 2 is 2.13 bits per heavy atom. The van der Waals surface area contributed by atoms with Crippen molar-refractivity contribution < 1.29 is 9.47 Å². The molecule has 0 N–H and O–H groups in total. The summed E-state index contributed by atoms with van der Waals surface area (Å²) >= 11 is 0. The highest BCUT2D eigenvalue weighted by Crippen LogP contribution is 1.89. The Balaban J connectivity index is 3.27. The Kier molecular flexibility index (Phi) is 10.5. The van der Waals surface area contributed by atoms with Crippen LogP contribution in [0.25, 0.3) is 0 Å². The van der Waals surface area contributed by atoms with Gasteiger partial charge in [-0.2, -0.15) is 0 Å². The van der Waals surface area contributed by atoms with Crippen LogP contribution in [0, 0.1) is 0 Å². The molecule has 0 saturated carbocycles. The summed E-state index contributed by atoms with van der Waals surface area (Å²) in [4.78, 5) is 4.17. The van der Waals surface area contributed by atoms with Crippen LogP contribution < -0.4 is 0 Å². The van der Waals surface area contributed by atoms with E-state index in [9.17, 15) is 0 Å². The maximum atomic E-state index is 5.33. The van der Waals surface area contributed by atoms with Crippen molar-refractivity contribution in [1.29, 1.82) is 0 Å². The number of nitrogens with zero attached hydrogens (tertiary/aromatic N) is 1.